The van der Waals surface area contributed by atoms with Crippen LogP contribution in [0.5, 0.6) is 0 Å². The van der Waals surface area contributed by atoms with Gasteiger partial charge >= 0.3 is 0 Å². The molecule has 1 aromatic rings. The first-order valence-corrected chi connectivity index (χ1v) is 5.86. The largest absolute Gasteiger partial charge is 0.383 e. The Morgan fingerprint density at radius 2 is 1.69 bits per heavy atom. The van der Waals surface area contributed by atoms with Gasteiger partial charge in [-0.2, -0.15) is 0 Å². The number of nitrogens with one attached hydrogen (secondary N) is 1. The molecule has 0 aromatic heterocycles. The van der Waals surface area contributed by atoms with Gasteiger partial charge in [0.05, 0.1) is 12.6 Å². The van der Waals surface area contributed by atoms with Crippen LogP contribution in [-0.2, 0) is 4.74 Å². The minimum absolute atomic E-state index is 0.367. The molecule has 0 spiro atoms. The van der Waals surface area contributed by atoms with E-state index >= 15 is 0 Å². The average molecular weight is 221 g/mol. The van der Waals surface area contributed by atoms with Gasteiger partial charge in [-0.1, -0.05) is 19.9 Å². The van der Waals surface area contributed by atoms with E-state index in [1.54, 1.807) is 7.11 Å². The fourth-order valence-corrected chi connectivity index (χ4v) is 1.85. The van der Waals surface area contributed by atoms with E-state index in [4.69, 9.17) is 4.74 Å². The molecule has 1 rings (SSSR count). The molecule has 1 N–H and O–H groups in total. The molecule has 0 aliphatic carbocycles. The lowest BCUT2D eigenvalue weighted by molar-refractivity contribution is 0.171. The highest BCUT2D eigenvalue weighted by Crippen LogP contribution is 2.17. The lowest BCUT2D eigenvalue weighted by atomic mass is 10.0. The minimum Gasteiger partial charge on any atom is -0.383 e. The first kappa shape index (κ1) is 13.0. The highest BCUT2D eigenvalue weighted by Gasteiger charge is 2.12. The van der Waals surface area contributed by atoms with Crippen molar-refractivity contribution in [3.63, 3.8) is 0 Å². The minimum atomic E-state index is 0.367. The van der Waals surface area contributed by atoms with Crippen LogP contribution in [0.3, 0.4) is 0 Å². The smallest absolute Gasteiger partial charge is 0.0666 e. The maximum atomic E-state index is 5.24. The van der Waals surface area contributed by atoms with Gasteiger partial charge in [-0.15, -0.1) is 0 Å². The van der Waals surface area contributed by atoms with Crippen molar-refractivity contribution in [1.29, 1.82) is 0 Å². The predicted molar refractivity (Wildman–Crippen MR) is 70.0 cm³/mol. The van der Waals surface area contributed by atoms with Crippen LogP contribution in [0.25, 0.3) is 0 Å². The maximum Gasteiger partial charge on any atom is 0.0666 e. The normalized spacial score (nSPS) is 12.9. The van der Waals surface area contributed by atoms with E-state index in [1.807, 2.05) is 0 Å². The summed E-state index contributed by atoms with van der Waals surface area (Å²) in [6, 6.07) is 6.91. The van der Waals surface area contributed by atoms with Crippen LogP contribution < -0.4 is 5.32 Å². The molecular formula is C14H23NO. The fraction of sp³-hybridized carbons (Fsp3) is 0.571. The number of anilines is 1. The first-order chi connectivity index (χ1) is 7.52. The Kier molecular flexibility index (Phi) is 4.81. The number of hydrogen-bond donors (Lipinski definition) is 1. The SMILES string of the molecule is COCC(Nc1cc(C)cc(C)c1)C(C)C. The van der Waals surface area contributed by atoms with Gasteiger partial charge < -0.3 is 10.1 Å². The lowest BCUT2D eigenvalue weighted by Gasteiger charge is -2.23. The van der Waals surface area contributed by atoms with E-state index < -0.39 is 0 Å². The maximum absolute atomic E-state index is 5.24. The number of aryl methyl sites for hydroxylation is 2. The molecule has 0 saturated heterocycles. The summed E-state index contributed by atoms with van der Waals surface area (Å²) in [5.74, 6) is 0.556. The van der Waals surface area contributed by atoms with Crippen molar-refractivity contribution < 1.29 is 4.74 Å². The van der Waals surface area contributed by atoms with Crippen molar-refractivity contribution in [2.75, 3.05) is 19.0 Å². The number of rotatable bonds is 5. The Balaban J connectivity index is 2.76. The average Bonchev–Trinajstić information content (AvgIpc) is 2.15. The van der Waals surface area contributed by atoms with Crippen LogP contribution >= 0.6 is 0 Å². The van der Waals surface area contributed by atoms with Gasteiger partial charge in [0.1, 0.15) is 0 Å². The summed E-state index contributed by atoms with van der Waals surface area (Å²) in [6.45, 7) is 9.40. The summed E-state index contributed by atoms with van der Waals surface area (Å²) < 4.78 is 5.24. The molecule has 0 heterocycles. The quantitative estimate of drug-likeness (QED) is 0.823. The van der Waals surface area contributed by atoms with Gasteiger partial charge in [0, 0.05) is 12.8 Å². The summed E-state index contributed by atoms with van der Waals surface area (Å²) in [4.78, 5) is 0. The van der Waals surface area contributed by atoms with Crippen molar-refractivity contribution in [2.24, 2.45) is 5.92 Å². The molecule has 0 fully saturated rings. The molecule has 0 aliphatic rings. The molecule has 0 aliphatic heterocycles. The number of methoxy groups -OCH3 is 1. The molecule has 0 bridgehead atoms. The van der Waals surface area contributed by atoms with Crippen LogP contribution in [-0.4, -0.2) is 19.8 Å². The summed E-state index contributed by atoms with van der Waals surface area (Å²) in [5, 5.41) is 3.54. The van der Waals surface area contributed by atoms with Crippen LogP contribution in [0.4, 0.5) is 5.69 Å². The zero-order chi connectivity index (χ0) is 12.1. The predicted octanol–water partition coefficient (Wildman–Crippen LogP) is 3.39. The molecular weight excluding hydrogens is 198 g/mol. The van der Waals surface area contributed by atoms with Crippen LogP contribution in [0.15, 0.2) is 18.2 Å². The number of hydrogen-bond acceptors (Lipinski definition) is 2. The summed E-state index contributed by atoms with van der Waals surface area (Å²) in [6.07, 6.45) is 0. The highest BCUT2D eigenvalue weighted by molar-refractivity contribution is 5.49. The van der Waals surface area contributed by atoms with Gasteiger partial charge in [0.25, 0.3) is 0 Å². The third-order valence-electron chi connectivity index (χ3n) is 2.72. The molecule has 1 aromatic carbocycles. The Hall–Kier alpha value is -1.02. The van der Waals surface area contributed by atoms with E-state index in [2.05, 4.69) is 51.2 Å². The standard InChI is InChI=1S/C14H23NO/c1-10(2)14(9-16-5)15-13-7-11(3)6-12(4)8-13/h6-8,10,14-15H,9H2,1-5H3. The Bertz CT molecular complexity index is 313. The molecule has 16 heavy (non-hydrogen) atoms. The third kappa shape index (κ3) is 3.86. The van der Waals surface area contributed by atoms with E-state index in [-0.39, 0.29) is 0 Å². The summed E-state index contributed by atoms with van der Waals surface area (Å²) >= 11 is 0. The second-order valence-electron chi connectivity index (χ2n) is 4.83. The second-order valence-corrected chi connectivity index (χ2v) is 4.83. The van der Waals surface area contributed by atoms with E-state index in [0.29, 0.717) is 12.0 Å². The van der Waals surface area contributed by atoms with Crippen molar-refractivity contribution >= 4 is 5.69 Å². The molecule has 0 saturated carbocycles. The Labute approximate surface area is 99.0 Å². The van der Waals surface area contributed by atoms with Gasteiger partial charge in [0.15, 0.2) is 0 Å². The van der Waals surface area contributed by atoms with E-state index in [1.165, 1.54) is 16.8 Å². The van der Waals surface area contributed by atoms with Crippen molar-refractivity contribution in [2.45, 2.75) is 33.7 Å². The monoisotopic (exact) mass is 221 g/mol. The fourth-order valence-electron chi connectivity index (χ4n) is 1.85. The molecule has 0 amide bonds. The van der Waals surface area contributed by atoms with Crippen molar-refractivity contribution in [3.8, 4) is 0 Å². The zero-order valence-electron chi connectivity index (χ0n) is 11.0. The Morgan fingerprint density at radius 3 is 2.12 bits per heavy atom. The molecule has 2 heteroatoms. The number of benzene rings is 1. The van der Waals surface area contributed by atoms with Gasteiger partial charge in [-0.05, 0) is 43.0 Å². The van der Waals surface area contributed by atoms with Crippen LogP contribution in [0.2, 0.25) is 0 Å². The number of ether oxygens (including phenoxy) is 1. The Morgan fingerprint density at radius 1 is 1.12 bits per heavy atom. The molecule has 0 radical (unpaired) electrons. The first-order valence-electron chi connectivity index (χ1n) is 5.86. The van der Waals surface area contributed by atoms with Crippen LogP contribution in [0, 0.1) is 19.8 Å². The van der Waals surface area contributed by atoms with Crippen LogP contribution in [0.1, 0.15) is 25.0 Å². The zero-order valence-corrected chi connectivity index (χ0v) is 11.0. The summed E-state index contributed by atoms with van der Waals surface area (Å²) in [5.41, 5.74) is 3.78. The van der Waals surface area contributed by atoms with E-state index in [9.17, 15) is 0 Å². The van der Waals surface area contributed by atoms with Gasteiger partial charge in [0.2, 0.25) is 0 Å². The molecule has 90 valence electrons. The molecule has 1 atom stereocenters. The summed E-state index contributed by atoms with van der Waals surface area (Å²) in [7, 11) is 1.75. The van der Waals surface area contributed by atoms with Crippen molar-refractivity contribution in [1.82, 2.24) is 0 Å². The molecule has 1 unspecified atom stereocenters. The second kappa shape index (κ2) is 5.90. The van der Waals surface area contributed by atoms with Gasteiger partial charge in [-0.3, -0.25) is 0 Å². The highest BCUT2D eigenvalue weighted by atomic mass is 16.5. The molecule has 2 nitrogen and oxygen atoms in total. The van der Waals surface area contributed by atoms with Crippen molar-refractivity contribution in [3.05, 3.63) is 29.3 Å². The topological polar surface area (TPSA) is 21.3 Å². The third-order valence-corrected chi connectivity index (χ3v) is 2.72. The van der Waals surface area contributed by atoms with E-state index in [0.717, 1.165) is 6.61 Å². The lowest BCUT2D eigenvalue weighted by Crippen LogP contribution is -2.30. The van der Waals surface area contributed by atoms with Gasteiger partial charge in [-0.25, -0.2) is 0 Å².